The van der Waals surface area contributed by atoms with Gasteiger partial charge in [0.25, 0.3) is 0 Å². The Morgan fingerprint density at radius 1 is 1.60 bits per heavy atom. The van der Waals surface area contributed by atoms with Crippen LogP contribution >= 0.6 is 0 Å². The predicted molar refractivity (Wildman–Crippen MR) is 35.6 cm³/mol. The van der Waals surface area contributed by atoms with Crippen molar-refractivity contribution in [3.8, 4) is 0 Å². The highest BCUT2D eigenvalue weighted by atomic mass is 16.6. The smallest absolute Gasteiger partial charge is 0.335 e. The third-order valence-electron chi connectivity index (χ3n) is 1.49. The average molecular weight is 144 g/mol. The second kappa shape index (κ2) is 3.01. The predicted octanol–water partition coefficient (Wildman–Crippen LogP) is 0.727. The Hall–Kier alpha value is -0.570. The van der Waals surface area contributed by atoms with Gasteiger partial charge in [0, 0.05) is 7.11 Å². The Morgan fingerprint density at radius 2 is 2.20 bits per heavy atom. The molecule has 1 saturated carbocycles. The normalized spacial score (nSPS) is 20.2. The zero-order chi connectivity index (χ0) is 7.56. The SMILES string of the molecule is COC(C)C(=O)OC1CC1. The van der Waals surface area contributed by atoms with E-state index in [0.717, 1.165) is 12.8 Å². The summed E-state index contributed by atoms with van der Waals surface area (Å²) in [7, 11) is 1.50. The maximum absolute atomic E-state index is 10.9. The molecule has 0 aliphatic heterocycles. The van der Waals surface area contributed by atoms with Gasteiger partial charge in [-0.1, -0.05) is 0 Å². The van der Waals surface area contributed by atoms with Gasteiger partial charge in [-0.25, -0.2) is 4.79 Å². The zero-order valence-electron chi connectivity index (χ0n) is 6.29. The Kier molecular flexibility index (Phi) is 2.27. The van der Waals surface area contributed by atoms with Crippen LogP contribution in [0.1, 0.15) is 19.8 Å². The second-order valence-electron chi connectivity index (χ2n) is 2.51. The van der Waals surface area contributed by atoms with Crippen molar-refractivity contribution in [3.63, 3.8) is 0 Å². The number of hydrogen-bond acceptors (Lipinski definition) is 3. The first kappa shape index (κ1) is 7.54. The summed E-state index contributed by atoms with van der Waals surface area (Å²) >= 11 is 0. The molecule has 1 aliphatic carbocycles. The van der Waals surface area contributed by atoms with Crippen LogP contribution in [0.3, 0.4) is 0 Å². The van der Waals surface area contributed by atoms with E-state index in [4.69, 9.17) is 9.47 Å². The van der Waals surface area contributed by atoms with Crippen LogP contribution in [-0.2, 0) is 14.3 Å². The van der Waals surface area contributed by atoms with Gasteiger partial charge in [0.1, 0.15) is 6.10 Å². The highest BCUT2D eigenvalue weighted by Gasteiger charge is 2.27. The van der Waals surface area contributed by atoms with Gasteiger partial charge in [-0.15, -0.1) is 0 Å². The molecule has 1 atom stereocenters. The fourth-order valence-corrected chi connectivity index (χ4v) is 0.542. The van der Waals surface area contributed by atoms with E-state index in [2.05, 4.69) is 0 Å². The van der Waals surface area contributed by atoms with Crippen LogP contribution < -0.4 is 0 Å². The van der Waals surface area contributed by atoms with Crippen LogP contribution in [0.5, 0.6) is 0 Å². The molecule has 0 bridgehead atoms. The monoisotopic (exact) mass is 144 g/mol. The van der Waals surface area contributed by atoms with E-state index in [-0.39, 0.29) is 12.1 Å². The van der Waals surface area contributed by atoms with Crippen LogP contribution in [0.4, 0.5) is 0 Å². The molecule has 1 fully saturated rings. The molecule has 0 N–H and O–H groups in total. The van der Waals surface area contributed by atoms with Gasteiger partial charge in [-0.05, 0) is 19.8 Å². The lowest BCUT2D eigenvalue weighted by molar-refractivity contribution is -0.155. The molecule has 0 aromatic heterocycles. The van der Waals surface area contributed by atoms with Gasteiger partial charge in [-0.3, -0.25) is 0 Å². The minimum Gasteiger partial charge on any atom is -0.460 e. The lowest BCUT2D eigenvalue weighted by Crippen LogP contribution is -2.22. The summed E-state index contributed by atoms with van der Waals surface area (Å²) < 4.78 is 9.72. The lowest BCUT2D eigenvalue weighted by Gasteiger charge is -2.07. The van der Waals surface area contributed by atoms with Crippen LogP contribution in [0.15, 0.2) is 0 Å². The maximum atomic E-state index is 10.9. The van der Waals surface area contributed by atoms with E-state index < -0.39 is 6.10 Å². The van der Waals surface area contributed by atoms with E-state index in [1.807, 2.05) is 0 Å². The first-order chi connectivity index (χ1) is 4.74. The molecule has 0 heterocycles. The molecule has 3 heteroatoms. The second-order valence-corrected chi connectivity index (χ2v) is 2.51. The summed E-state index contributed by atoms with van der Waals surface area (Å²) in [6.07, 6.45) is 1.80. The lowest BCUT2D eigenvalue weighted by atomic mass is 10.4. The summed E-state index contributed by atoms with van der Waals surface area (Å²) in [5.74, 6) is -0.245. The first-order valence-electron chi connectivity index (χ1n) is 3.47. The van der Waals surface area contributed by atoms with Crippen molar-refractivity contribution in [2.75, 3.05) is 7.11 Å². The van der Waals surface area contributed by atoms with Gasteiger partial charge in [0.05, 0.1) is 0 Å². The topological polar surface area (TPSA) is 35.5 Å². The van der Waals surface area contributed by atoms with Crippen molar-refractivity contribution in [3.05, 3.63) is 0 Å². The van der Waals surface area contributed by atoms with Crippen LogP contribution in [0, 0.1) is 0 Å². The zero-order valence-corrected chi connectivity index (χ0v) is 6.29. The fourth-order valence-electron chi connectivity index (χ4n) is 0.542. The molecular formula is C7H12O3. The number of ether oxygens (including phenoxy) is 2. The summed E-state index contributed by atoms with van der Waals surface area (Å²) in [6.45, 7) is 1.69. The molecule has 0 amide bonds. The van der Waals surface area contributed by atoms with Crippen molar-refractivity contribution in [1.82, 2.24) is 0 Å². The quantitative estimate of drug-likeness (QED) is 0.548. The summed E-state index contributed by atoms with van der Waals surface area (Å²) in [5.41, 5.74) is 0. The minimum absolute atomic E-state index is 0.185. The molecule has 0 aromatic carbocycles. The van der Waals surface area contributed by atoms with E-state index in [9.17, 15) is 4.79 Å². The third-order valence-corrected chi connectivity index (χ3v) is 1.49. The number of carbonyl (C=O) groups excluding carboxylic acids is 1. The van der Waals surface area contributed by atoms with E-state index in [1.165, 1.54) is 7.11 Å². The summed E-state index contributed by atoms with van der Waals surface area (Å²) in [4.78, 5) is 10.9. The maximum Gasteiger partial charge on any atom is 0.335 e. The largest absolute Gasteiger partial charge is 0.460 e. The molecule has 1 unspecified atom stereocenters. The van der Waals surface area contributed by atoms with Crippen LogP contribution in [-0.4, -0.2) is 25.3 Å². The number of methoxy groups -OCH3 is 1. The highest BCUT2D eigenvalue weighted by molar-refractivity contribution is 5.74. The van der Waals surface area contributed by atoms with E-state index in [1.54, 1.807) is 6.92 Å². The Morgan fingerprint density at radius 3 is 2.60 bits per heavy atom. The van der Waals surface area contributed by atoms with Crippen LogP contribution in [0.2, 0.25) is 0 Å². The van der Waals surface area contributed by atoms with Crippen molar-refractivity contribution in [1.29, 1.82) is 0 Å². The summed E-state index contributed by atoms with van der Waals surface area (Å²) in [5, 5.41) is 0. The van der Waals surface area contributed by atoms with Gasteiger partial charge >= 0.3 is 5.97 Å². The van der Waals surface area contributed by atoms with Crippen LogP contribution in [0.25, 0.3) is 0 Å². The molecule has 0 radical (unpaired) electrons. The molecule has 3 nitrogen and oxygen atoms in total. The van der Waals surface area contributed by atoms with Gasteiger partial charge in [0.2, 0.25) is 0 Å². The van der Waals surface area contributed by atoms with E-state index in [0.29, 0.717) is 0 Å². The Balaban J connectivity index is 2.18. The Bertz CT molecular complexity index is 129. The van der Waals surface area contributed by atoms with Crippen molar-refractivity contribution >= 4 is 5.97 Å². The molecule has 0 aromatic rings. The van der Waals surface area contributed by atoms with E-state index >= 15 is 0 Å². The summed E-state index contributed by atoms with van der Waals surface area (Å²) in [6, 6.07) is 0. The van der Waals surface area contributed by atoms with Gasteiger partial charge in [-0.2, -0.15) is 0 Å². The third kappa shape index (κ3) is 1.99. The number of esters is 1. The molecular weight excluding hydrogens is 132 g/mol. The molecule has 1 rings (SSSR count). The average Bonchev–Trinajstić information content (AvgIpc) is 2.70. The Labute approximate surface area is 60.3 Å². The molecule has 1 aliphatic rings. The number of hydrogen-bond donors (Lipinski definition) is 0. The van der Waals surface area contributed by atoms with Gasteiger partial charge in [0.15, 0.2) is 6.10 Å². The minimum atomic E-state index is -0.416. The fraction of sp³-hybridized carbons (Fsp3) is 0.857. The first-order valence-corrected chi connectivity index (χ1v) is 3.47. The molecule has 10 heavy (non-hydrogen) atoms. The van der Waals surface area contributed by atoms with Gasteiger partial charge < -0.3 is 9.47 Å². The number of rotatable bonds is 3. The van der Waals surface area contributed by atoms with Crippen molar-refractivity contribution in [2.45, 2.75) is 32.0 Å². The standard InChI is InChI=1S/C7H12O3/c1-5(9-2)7(8)10-6-3-4-6/h5-6H,3-4H2,1-2H3. The number of carbonyl (C=O) groups is 1. The molecule has 0 spiro atoms. The molecule has 58 valence electrons. The van der Waals surface area contributed by atoms with Crippen molar-refractivity contribution in [2.24, 2.45) is 0 Å². The highest BCUT2D eigenvalue weighted by Crippen LogP contribution is 2.23. The van der Waals surface area contributed by atoms with Crippen molar-refractivity contribution < 1.29 is 14.3 Å². The molecule has 0 saturated heterocycles.